The van der Waals surface area contributed by atoms with Gasteiger partial charge in [0.15, 0.2) is 0 Å². The molecule has 0 radical (unpaired) electrons. The molecule has 2 amide bonds. The van der Waals surface area contributed by atoms with Gasteiger partial charge in [0.05, 0.1) is 11.1 Å². The molecule has 0 heterocycles. The van der Waals surface area contributed by atoms with Gasteiger partial charge in [0.2, 0.25) is 0 Å². The van der Waals surface area contributed by atoms with E-state index in [9.17, 15) is 19.1 Å². The molecule has 1 aromatic rings. The molecule has 3 N–H and O–H groups in total. The lowest BCUT2D eigenvalue weighted by atomic mass is 9.72. The number of carbonyl (C=O) groups is 2. The second-order valence-corrected chi connectivity index (χ2v) is 5.60. The number of urea groups is 1. The molecule has 1 fully saturated rings. The van der Waals surface area contributed by atoms with E-state index in [1.54, 1.807) is 13.0 Å². The molecule has 0 bridgehead atoms. The van der Waals surface area contributed by atoms with Crippen LogP contribution in [0.2, 0.25) is 0 Å². The van der Waals surface area contributed by atoms with Crippen LogP contribution >= 0.6 is 0 Å². The molecular weight excluding hydrogens is 275 g/mol. The first-order chi connectivity index (χ1) is 9.93. The first-order valence-electron chi connectivity index (χ1n) is 6.99. The van der Waals surface area contributed by atoms with Crippen LogP contribution in [0.5, 0.6) is 0 Å². The number of nitrogens with one attached hydrogen (secondary N) is 2. The van der Waals surface area contributed by atoms with Crippen LogP contribution in [0.3, 0.4) is 0 Å². The summed E-state index contributed by atoms with van der Waals surface area (Å²) in [5.41, 5.74) is -0.909. The molecule has 1 aromatic carbocycles. The Balaban J connectivity index is 2.04. The quantitative estimate of drug-likeness (QED) is 0.802. The molecule has 5 nitrogen and oxygen atoms in total. The maximum atomic E-state index is 13.5. The van der Waals surface area contributed by atoms with Crippen molar-refractivity contribution in [1.29, 1.82) is 0 Å². The minimum absolute atomic E-state index is 0.0721. The number of carboxylic acids is 1. The first-order valence-corrected chi connectivity index (χ1v) is 6.99. The first kappa shape index (κ1) is 15.3. The van der Waals surface area contributed by atoms with E-state index in [0.717, 1.165) is 12.8 Å². The fourth-order valence-corrected chi connectivity index (χ4v) is 2.70. The third-order valence-corrected chi connectivity index (χ3v) is 4.12. The largest absolute Gasteiger partial charge is 0.481 e. The summed E-state index contributed by atoms with van der Waals surface area (Å²) in [5, 5.41) is 14.5. The summed E-state index contributed by atoms with van der Waals surface area (Å²) < 4.78 is 13.5. The number of rotatable bonds is 3. The number of carbonyl (C=O) groups excluding carboxylic acids is 1. The van der Waals surface area contributed by atoms with Gasteiger partial charge in [-0.2, -0.15) is 0 Å². The summed E-state index contributed by atoms with van der Waals surface area (Å²) in [7, 11) is 0. The summed E-state index contributed by atoms with van der Waals surface area (Å²) in [6.45, 7) is 1.64. The van der Waals surface area contributed by atoms with Gasteiger partial charge >= 0.3 is 12.0 Å². The van der Waals surface area contributed by atoms with E-state index >= 15 is 0 Å². The predicted octanol–water partition coefficient (Wildman–Crippen LogP) is 2.98. The highest BCUT2D eigenvalue weighted by Crippen LogP contribution is 2.36. The van der Waals surface area contributed by atoms with Crippen LogP contribution < -0.4 is 10.6 Å². The van der Waals surface area contributed by atoms with Crippen molar-refractivity contribution in [2.75, 3.05) is 5.32 Å². The van der Waals surface area contributed by atoms with E-state index < -0.39 is 29.3 Å². The summed E-state index contributed by atoms with van der Waals surface area (Å²) in [6.07, 6.45) is 2.82. The zero-order valence-electron chi connectivity index (χ0n) is 11.9. The normalized spacial score (nSPS) is 25.1. The molecule has 0 aliphatic heterocycles. The standard InChI is InChI=1S/C15H19FN2O3/c1-15(13(19)20)9-5-4-8-12(15)18-14(21)17-11-7-3-2-6-10(11)16/h2-3,6-7,12H,4-5,8-9H2,1H3,(H,19,20)(H2,17,18,21). The number of hydrogen-bond donors (Lipinski definition) is 3. The Bertz CT molecular complexity index is 549. The van der Waals surface area contributed by atoms with Crippen molar-refractivity contribution in [1.82, 2.24) is 5.32 Å². The molecule has 0 saturated heterocycles. The minimum Gasteiger partial charge on any atom is -0.481 e. The Morgan fingerprint density at radius 3 is 2.71 bits per heavy atom. The van der Waals surface area contributed by atoms with E-state index in [2.05, 4.69) is 10.6 Å². The van der Waals surface area contributed by atoms with Gasteiger partial charge in [-0.3, -0.25) is 4.79 Å². The molecule has 1 aliphatic carbocycles. The van der Waals surface area contributed by atoms with Gasteiger partial charge in [0.1, 0.15) is 5.82 Å². The Morgan fingerprint density at radius 1 is 1.33 bits per heavy atom. The van der Waals surface area contributed by atoms with Gasteiger partial charge in [0.25, 0.3) is 0 Å². The van der Waals surface area contributed by atoms with E-state index in [4.69, 9.17) is 0 Å². The van der Waals surface area contributed by atoms with Gasteiger partial charge in [-0.15, -0.1) is 0 Å². The van der Waals surface area contributed by atoms with Gasteiger partial charge < -0.3 is 15.7 Å². The Hall–Kier alpha value is -2.11. The van der Waals surface area contributed by atoms with Gasteiger partial charge in [-0.05, 0) is 31.9 Å². The van der Waals surface area contributed by atoms with Crippen molar-refractivity contribution < 1.29 is 19.1 Å². The average Bonchev–Trinajstić information content (AvgIpc) is 2.44. The van der Waals surface area contributed by atoms with Gasteiger partial charge in [-0.1, -0.05) is 25.0 Å². The summed E-state index contributed by atoms with van der Waals surface area (Å²) >= 11 is 0. The molecule has 114 valence electrons. The minimum atomic E-state index is -0.981. The number of aliphatic carboxylic acids is 1. The van der Waals surface area contributed by atoms with Crippen molar-refractivity contribution in [3.8, 4) is 0 Å². The van der Waals surface area contributed by atoms with Crippen LogP contribution in [0.4, 0.5) is 14.9 Å². The number of benzene rings is 1. The number of hydrogen-bond acceptors (Lipinski definition) is 2. The molecule has 6 heteroatoms. The predicted molar refractivity (Wildman–Crippen MR) is 76.6 cm³/mol. The summed E-state index contributed by atoms with van der Waals surface area (Å²) in [5.74, 6) is -1.45. The van der Waals surface area contributed by atoms with Crippen LogP contribution in [-0.2, 0) is 4.79 Å². The lowest BCUT2D eigenvalue weighted by Crippen LogP contribution is -2.53. The molecule has 2 atom stereocenters. The van der Waals surface area contributed by atoms with Crippen LogP contribution in [0, 0.1) is 11.2 Å². The average molecular weight is 294 g/mol. The van der Waals surface area contributed by atoms with E-state index in [1.807, 2.05) is 0 Å². The monoisotopic (exact) mass is 294 g/mol. The van der Waals surface area contributed by atoms with Crippen LogP contribution in [0.1, 0.15) is 32.6 Å². The van der Waals surface area contributed by atoms with Crippen LogP contribution in [0.15, 0.2) is 24.3 Å². The SMILES string of the molecule is CC1(C(=O)O)CCCCC1NC(=O)Nc1ccccc1F. The number of anilines is 1. The Kier molecular flexibility index (Phi) is 4.45. The molecule has 2 unspecified atom stereocenters. The maximum absolute atomic E-state index is 13.5. The van der Waals surface area contributed by atoms with Gasteiger partial charge in [0, 0.05) is 6.04 Å². The second-order valence-electron chi connectivity index (χ2n) is 5.60. The maximum Gasteiger partial charge on any atom is 0.319 e. The molecule has 1 aliphatic rings. The molecular formula is C15H19FN2O3. The summed E-state index contributed by atoms with van der Waals surface area (Å²) in [4.78, 5) is 23.4. The van der Waals surface area contributed by atoms with E-state index in [-0.39, 0.29) is 5.69 Å². The van der Waals surface area contributed by atoms with Gasteiger partial charge in [-0.25, -0.2) is 9.18 Å². The third kappa shape index (κ3) is 3.32. The van der Waals surface area contributed by atoms with Crippen molar-refractivity contribution in [3.63, 3.8) is 0 Å². The smallest absolute Gasteiger partial charge is 0.319 e. The second kappa shape index (κ2) is 6.11. The highest BCUT2D eigenvalue weighted by Gasteiger charge is 2.43. The highest BCUT2D eigenvalue weighted by molar-refractivity contribution is 5.90. The lowest BCUT2D eigenvalue weighted by Gasteiger charge is -2.38. The lowest BCUT2D eigenvalue weighted by molar-refractivity contribution is -0.151. The zero-order valence-corrected chi connectivity index (χ0v) is 11.9. The molecule has 1 saturated carbocycles. The zero-order chi connectivity index (χ0) is 15.5. The van der Waals surface area contributed by atoms with Crippen molar-refractivity contribution in [2.45, 2.75) is 38.6 Å². The molecule has 21 heavy (non-hydrogen) atoms. The fraction of sp³-hybridized carbons (Fsp3) is 0.467. The third-order valence-electron chi connectivity index (χ3n) is 4.12. The molecule has 2 rings (SSSR count). The number of halogens is 1. The van der Waals surface area contributed by atoms with Crippen LogP contribution in [0.25, 0.3) is 0 Å². The van der Waals surface area contributed by atoms with Crippen molar-refractivity contribution in [2.24, 2.45) is 5.41 Å². The highest BCUT2D eigenvalue weighted by atomic mass is 19.1. The van der Waals surface area contributed by atoms with E-state index in [1.165, 1.54) is 18.2 Å². The Labute approximate surface area is 122 Å². The Morgan fingerprint density at radius 2 is 2.05 bits per heavy atom. The summed E-state index contributed by atoms with van der Waals surface area (Å²) in [6, 6.07) is 4.79. The topological polar surface area (TPSA) is 78.4 Å². The number of para-hydroxylation sites is 1. The van der Waals surface area contributed by atoms with Crippen LogP contribution in [-0.4, -0.2) is 23.1 Å². The fourth-order valence-electron chi connectivity index (χ4n) is 2.70. The molecule has 0 spiro atoms. The molecule has 0 aromatic heterocycles. The number of carboxylic acid groups (broad SMARTS) is 1. The van der Waals surface area contributed by atoms with Crippen molar-refractivity contribution in [3.05, 3.63) is 30.1 Å². The number of amides is 2. The van der Waals surface area contributed by atoms with Crippen molar-refractivity contribution >= 4 is 17.7 Å². The van der Waals surface area contributed by atoms with E-state index in [0.29, 0.717) is 12.8 Å².